The number of piperazine rings is 1. The Bertz CT molecular complexity index is 572. The fraction of sp³-hybridized carbons (Fsp3) is 0.562. The van der Waals surface area contributed by atoms with E-state index in [9.17, 15) is 9.18 Å². The first kappa shape index (κ1) is 18.8. The van der Waals surface area contributed by atoms with Gasteiger partial charge in [-0.1, -0.05) is 11.6 Å². The zero-order valence-corrected chi connectivity index (χ0v) is 14.9. The van der Waals surface area contributed by atoms with Crippen molar-refractivity contribution in [3.8, 4) is 5.75 Å². The van der Waals surface area contributed by atoms with Crippen LogP contribution in [0.5, 0.6) is 5.75 Å². The van der Waals surface area contributed by atoms with Crippen molar-refractivity contribution in [1.82, 2.24) is 15.3 Å². The number of ether oxygens (including phenoxy) is 2. The predicted molar refractivity (Wildman–Crippen MR) is 89.4 cm³/mol. The maximum absolute atomic E-state index is 13.3. The molecule has 6 nitrogen and oxygen atoms in total. The molecule has 0 atom stereocenters. The van der Waals surface area contributed by atoms with Crippen molar-refractivity contribution in [2.75, 3.05) is 32.9 Å². The van der Waals surface area contributed by atoms with Crippen LogP contribution in [0.15, 0.2) is 18.2 Å². The second-order valence-corrected chi connectivity index (χ2v) is 6.88. The summed E-state index contributed by atoms with van der Waals surface area (Å²) in [5.74, 6) is -0.114. The average Bonchev–Trinajstić information content (AvgIpc) is 2.50. The Balaban J connectivity index is 1.69. The van der Waals surface area contributed by atoms with E-state index in [1.807, 2.05) is 25.8 Å². The molecule has 0 bridgehead atoms. The van der Waals surface area contributed by atoms with Gasteiger partial charge in [0.25, 0.3) is 0 Å². The van der Waals surface area contributed by atoms with Gasteiger partial charge in [-0.25, -0.2) is 19.6 Å². The molecule has 1 saturated heterocycles. The zero-order chi connectivity index (χ0) is 17.7. The van der Waals surface area contributed by atoms with E-state index in [1.54, 1.807) is 11.0 Å². The summed E-state index contributed by atoms with van der Waals surface area (Å²) in [6.07, 6.45) is -0.296. The summed E-state index contributed by atoms with van der Waals surface area (Å²) < 4.78 is 24.1. The van der Waals surface area contributed by atoms with Gasteiger partial charge in [-0.2, -0.15) is 0 Å². The molecule has 0 spiro atoms. The molecule has 1 aromatic rings. The molecule has 24 heavy (non-hydrogen) atoms. The minimum Gasteiger partial charge on any atom is -0.477 e. The second kappa shape index (κ2) is 8.00. The second-order valence-electron chi connectivity index (χ2n) is 6.48. The van der Waals surface area contributed by atoms with Crippen molar-refractivity contribution in [2.24, 2.45) is 0 Å². The number of hydrogen-bond acceptors (Lipinski definition) is 5. The van der Waals surface area contributed by atoms with E-state index in [1.165, 1.54) is 12.1 Å². The highest BCUT2D eigenvalue weighted by Gasteiger charge is 2.25. The molecule has 0 saturated carbocycles. The van der Waals surface area contributed by atoms with Crippen molar-refractivity contribution in [3.05, 3.63) is 29.0 Å². The molecule has 1 aliphatic rings. The minimum atomic E-state index is -0.514. The molecule has 1 N–H and O–H groups in total. The van der Waals surface area contributed by atoms with Gasteiger partial charge in [0.15, 0.2) is 6.73 Å². The highest BCUT2D eigenvalue weighted by molar-refractivity contribution is 6.30. The monoisotopic (exact) mass is 359 g/mol. The number of hydrogen-bond donors (Lipinski definition) is 1. The van der Waals surface area contributed by atoms with Gasteiger partial charge in [-0.05, 0) is 32.9 Å². The maximum atomic E-state index is 13.3. The first-order chi connectivity index (χ1) is 11.2. The standard InChI is InChI=1S/C16H23ClFN3O3/c1-16(2,3)24-15(22)20-6-8-21(9-7-20)19-11-23-12-4-5-13(17)14(18)10-12/h4-5,10,19H,6-9,11H2,1-3H3. The van der Waals surface area contributed by atoms with Gasteiger partial charge in [0.1, 0.15) is 17.2 Å². The summed E-state index contributed by atoms with van der Waals surface area (Å²) in [7, 11) is 0. The third-order valence-corrected chi connectivity index (χ3v) is 3.66. The largest absolute Gasteiger partial charge is 0.477 e. The summed E-state index contributed by atoms with van der Waals surface area (Å²) in [6.45, 7) is 8.18. The Morgan fingerprint density at radius 1 is 1.29 bits per heavy atom. The molecule has 2 rings (SSSR count). The summed E-state index contributed by atoms with van der Waals surface area (Å²) >= 11 is 5.62. The van der Waals surface area contributed by atoms with Gasteiger partial charge in [-0.15, -0.1) is 0 Å². The molecule has 1 amide bonds. The molecule has 0 radical (unpaired) electrons. The summed E-state index contributed by atoms with van der Waals surface area (Å²) in [5, 5.41) is 2.02. The predicted octanol–water partition coefficient (Wildman–Crippen LogP) is 2.87. The first-order valence-electron chi connectivity index (χ1n) is 7.79. The molecule has 0 aliphatic carbocycles. The summed E-state index contributed by atoms with van der Waals surface area (Å²) in [4.78, 5) is 13.7. The van der Waals surface area contributed by atoms with Crippen molar-refractivity contribution < 1.29 is 18.7 Å². The smallest absolute Gasteiger partial charge is 0.410 e. The van der Waals surface area contributed by atoms with E-state index in [-0.39, 0.29) is 17.8 Å². The van der Waals surface area contributed by atoms with E-state index < -0.39 is 11.4 Å². The van der Waals surface area contributed by atoms with E-state index in [0.29, 0.717) is 31.9 Å². The number of amides is 1. The lowest BCUT2D eigenvalue weighted by molar-refractivity contribution is 0.00531. The van der Waals surface area contributed by atoms with Gasteiger partial charge >= 0.3 is 6.09 Å². The fourth-order valence-electron chi connectivity index (χ4n) is 2.15. The molecule has 0 unspecified atom stereocenters. The Hall–Kier alpha value is -1.57. The number of rotatable bonds is 4. The number of carbonyl (C=O) groups excluding carboxylic acids is 1. The Labute approximate surface area is 146 Å². The third-order valence-electron chi connectivity index (χ3n) is 3.35. The maximum Gasteiger partial charge on any atom is 0.410 e. The SMILES string of the molecule is CC(C)(C)OC(=O)N1CCN(NCOc2ccc(Cl)c(F)c2)CC1. The van der Waals surface area contributed by atoms with Gasteiger partial charge in [0.05, 0.1) is 5.02 Å². The lowest BCUT2D eigenvalue weighted by Gasteiger charge is -2.35. The molecular formula is C16H23ClFN3O3. The number of nitrogens with zero attached hydrogens (tertiary/aromatic N) is 2. The van der Waals surface area contributed by atoms with Crippen LogP contribution >= 0.6 is 11.6 Å². The van der Waals surface area contributed by atoms with E-state index in [2.05, 4.69) is 5.43 Å². The van der Waals surface area contributed by atoms with Crippen molar-refractivity contribution >= 4 is 17.7 Å². The third kappa shape index (κ3) is 5.81. The van der Waals surface area contributed by atoms with Crippen LogP contribution in [0.3, 0.4) is 0 Å². The van der Waals surface area contributed by atoms with Crippen molar-refractivity contribution in [2.45, 2.75) is 26.4 Å². The number of hydrazine groups is 1. The molecule has 1 fully saturated rings. The van der Waals surface area contributed by atoms with Crippen LogP contribution < -0.4 is 10.2 Å². The molecule has 1 heterocycles. The number of nitrogens with one attached hydrogen (secondary N) is 1. The number of benzene rings is 1. The van der Waals surface area contributed by atoms with Crippen LogP contribution in [0.2, 0.25) is 5.02 Å². The first-order valence-corrected chi connectivity index (χ1v) is 8.16. The van der Waals surface area contributed by atoms with Crippen molar-refractivity contribution in [3.63, 3.8) is 0 Å². The van der Waals surface area contributed by atoms with E-state index in [4.69, 9.17) is 21.1 Å². The lowest BCUT2D eigenvalue weighted by atomic mass is 10.2. The molecule has 134 valence electrons. The van der Waals surface area contributed by atoms with Crippen LogP contribution in [0.1, 0.15) is 20.8 Å². The Morgan fingerprint density at radius 2 is 1.96 bits per heavy atom. The lowest BCUT2D eigenvalue weighted by Crippen LogP contribution is -2.54. The molecule has 0 aromatic heterocycles. The minimum absolute atomic E-state index is 0.0635. The Morgan fingerprint density at radius 3 is 2.54 bits per heavy atom. The van der Waals surface area contributed by atoms with Gasteiger partial charge in [0, 0.05) is 32.2 Å². The van der Waals surface area contributed by atoms with Crippen LogP contribution in [-0.4, -0.2) is 54.5 Å². The van der Waals surface area contributed by atoms with Gasteiger partial charge in [-0.3, -0.25) is 0 Å². The van der Waals surface area contributed by atoms with Gasteiger partial charge < -0.3 is 14.4 Å². The summed E-state index contributed by atoms with van der Waals surface area (Å²) in [5.41, 5.74) is 2.60. The van der Waals surface area contributed by atoms with Gasteiger partial charge in [0.2, 0.25) is 0 Å². The summed E-state index contributed by atoms with van der Waals surface area (Å²) in [6, 6.07) is 4.30. The van der Waals surface area contributed by atoms with Crippen LogP contribution in [0, 0.1) is 5.82 Å². The Kier molecular flexibility index (Phi) is 6.26. The number of carbonyl (C=O) groups is 1. The molecule has 8 heteroatoms. The average molecular weight is 360 g/mol. The zero-order valence-electron chi connectivity index (χ0n) is 14.1. The quantitative estimate of drug-likeness (QED) is 0.838. The van der Waals surface area contributed by atoms with Crippen LogP contribution in [-0.2, 0) is 4.74 Å². The number of halogens is 2. The highest BCUT2D eigenvalue weighted by Crippen LogP contribution is 2.20. The molecular weight excluding hydrogens is 337 g/mol. The molecule has 1 aliphatic heterocycles. The topological polar surface area (TPSA) is 54.0 Å². The van der Waals surface area contributed by atoms with E-state index in [0.717, 1.165) is 0 Å². The van der Waals surface area contributed by atoms with Crippen molar-refractivity contribution in [1.29, 1.82) is 0 Å². The highest BCUT2D eigenvalue weighted by atomic mass is 35.5. The normalized spacial score (nSPS) is 16.1. The molecule has 1 aromatic carbocycles. The van der Waals surface area contributed by atoms with Crippen LogP contribution in [0.4, 0.5) is 9.18 Å². The van der Waals surface area contributed by atoms with E-state index >= 15 is 0 Å². The fourth-order valence-corrected chi connectivity index (χ4v) is 2.26. The van der Waals surface area contributed by atoms with Crippen LogP contribution in [0.25, 0.3) is 0 Å².